The zero-order chi connectivity index (χ0) is 10.5. The smallest absolute Gasteiger partial charge is 0.232 e. The van der Waals surface area contributed by atoms with Gasteiger partial charge >= 0.3 is 0 Å². The molecule has 1 fully saturated rings. The average molecular weight is 229 g/mol. The molecule has 0 amide bonds. The highest BCUT2D eigenvalue weighted by molar-refractivity contribution is 6.29. The average Bonchev–Trinajstić information content (AvgIpc) is 2.30. The van der Waals surface area contributed by atoms with Gasteiger partial charge in [-0.25, -0.2) is 9.97 Å². The van der Waals surface area contributed by atoms with Crippen molar-refractivity contribution >= 4 is 11.6 Å². The molecule has 0 saturated carbocycles. The van der Waals surface area contributed by atoms with E-state index in [0.717, 1.165) is 26.1 Å². The zero-order valence-electron chi connectivity index (χ0n) is 8.36. The maximum Gasteiger partial charge on any atom is 0.232 e. The normalized spacial score (nSPS) is 17.7. The van der Waals surface area contributed by atoms with Gasteiger partial charge in [0.1, 0.15) is 5.15 Å². The second-order valence-electron chi connectivity index (χ2n) is 3.54. The Bertz CT molecular complexity index is 299. The quantitative estimate of drug-likeness (QED) is 0.793. The van der Waals surface area contributed by atoms with Crippen molar-refractivity contribution in [2.24, 2.45) is 5.92 Å². The van der Waals surface area contributed by atoms with Crippen molar-refractivity contribution in [3.8, 4) is 5.88 Å². The highest BCUT2D eigenvalue weighted by Gasteiger charge is 2.14. The van der Waals surface area contributed by atoms with Crippen LogP contribution in [0.2, 0.25) is 5.15 Å². The molecule has 2 rings (SSSR count). The Morgan fingerprint density at radius 2 is 2.13 bits per heavy atom. The minimum Gasteiger partial charge on any atom is -0.476 e. The lowest BCUT2D eigenvalue weighted by molar-refractivity contribution is 0.0490. The standard InChI is InChI=1S/C10H13ClN2O2/c11-9-5-13-10(6-12-9)15-7-8-1-3-14-4-2-8/h5-6,8H,1-4,7H2. The molecule has 0 aliphatic carbocycles. The Kier molecular flexibility index (Phi) is 3.75. The lowest BCUT2D eigenvalue weighted by Gasteiger charge is -2.21. The summed E-state index contributed by atoms with van der Waals surface area (Å²) in [5, 5.41) is 0.383. The van der Waals surface area contributed by atoms with E-state index in [1.165, 1.54) is 6.20 Å². The second-order valence-corrected chi connectivity index (χ2v) is 3.93. The molecule has 1 aliphatic heterocycles. The van der Waals surface area contributed by atoms with Crippen molar-refractivity contribution in [3.63, 3.8) is 0 Å². The maximum absolute atomic E-state index is 5.61. The predicted molar refractivity (Wildman–Crippen MR) is 56.1 cm³/mol. The summed E-state index contributed by atoms with van der Waals surface area (Å²) in [7, 11) is 0. The van der Waals surface area contributed by atoms with Crippen LogP contribution >= 0.6 is 11.6 Å². The maximum atomic E-state index is 5.61. The van der Waals surface area contributed by atoms with Gasteiger partial charge in [-0.1, -0.05) is 11.6 Å². The largest absolute Gasteiger partial charge is 0.476 e. The minimum absolute atomic E-state index is 0.383. The molecule has 0 aromatic carbocycles. The highest BCUT2D eigenvalue weighted by atomic mass is 35.5. The molecular weight excluding hydrogens is 216 g/mol. The Morgan fingerprint density at radius 1 is 1.33 bits per heavy atom. The van der Waals surface area contributed by atoms with Gasteiger partial charge in [-0.2, -0.15) is 0 Å². The van der Waals surface area contributed by atoms with Gasteiger partial charge in [-0.3, -0.25) is 0 Å². The number of halogens is 1. The van der Waals surface area contributed by atoms with Crippen LogP contribution < -0.4 is 4.74 Å². The van der Waals surface area contributed by atoms with Crippen LogP contribution in [0, 0.1) is 5.92 Å². The summed E-state index contributed by atoms with van der Waals surface area (Å²) in [4.78, 5) is 7.91. The van der Waals surface area contributed by atoms with Gasteiger partial charge in [0, 0.05) is 13.2 Å². The first-order chi connectivity index (χ1) is 7.34. The molecule has 5 heteroatoms. The molecule has 1 saturated heterocycles. The summed E-state index contributed by atoms with van der Waals surface area (Å²) in [6.45, 7) is 2.35. The van der Waals surface area contributed by atoms with Crippen LogP contribution in [0.15, 0.2) is 12.4 Å². The highest BCUT2D eigenvalue weighted by Crippen LogP contribution is 2.16. The fourth-order valence-electron chi connectivity index (χ4n) is 1.49. The van der Waals surface area contributed by atoms with Crippen molar-refractivity contribution in [1.29, 1.82) is 0 Å². The van der Waals surface area contributed by atoms with E-state index in [2.05, 4.69) is 9.97 Å². The van der Waals surface area contributed by atoms with E-state index in [0.29, 0.717) is 23.6 Å². The first-order valence-corrected chi connectivity index (χ1v) is 5.40. The molecule has 4 nitrogen and oxygen atoms in total. The topological polar surface area (TPSA) is 44.2 Å². The van der Waals surface area contributed by atoms with Gasteiger partial charge in [0.05, 0.1) is 19.0 Å². The Morgan fingerprint density at radius 3 is 2.80 bits per heavy atom. The van der Waals surface area contributed by atoms with Gasteiger partial charge < -0.3 is 9.47 Å². The number of nitrogens with zero attached hydrogens (tertiary/aromatic N) is 2. The third-order valence-electron chi connectivity index (χ3n) is 2.40. The summed E-state index contributed by atoms with van der Waals surface area (Å²) in [5.41, 5.74) is 0. The van der Waals surface area contributed by atoms with E-state index in [9.17, 15) is 0 Å². The van der Waals surface area contributed by atoms with Crippen molar-refractivity contribution in [3.05, 3.63) is 17.5 Å². The zero-order valence-corrected chi connectivity index (χ0v) is 9.11. The Hall–Kier alpha value is -0.870. The molecule has 0 spiro atoms. The molecule has 2 heterocycles. The monoisotopic (exact) mass is 228 g/mol. The Balaban J connectivity index is 1.79. The van der Waals surface area contributed by atoms with Crippen LogP contribution in [0.3, 0.4) is 0 Å². The van der Waals surface area contributed by atoms with Crippen LogP contribution in [-0.2, 0) is 4.74 Å². The van der Waals surface area contributed by atoms with Crippen molar-refractivity contribution in [2.75, 3.05) is 19.8 Å². The van der Waals surface area contributed by atoms with E-state index < -0.39 is 0 Å². The van der Waals surface area contributed by atoms with Crippen molar-refractivity contribution in [2.45, 2.75) is 12.8 Å². The van der Waals surface area contributed by atoms with Crippen molar-refractivity contribution < 1.29 is 9.47 Å². The summed E-state index contributed by atoms with van der Waals surface area (Å²) >= 11 is 5.61. The van der Waals surface area contributed by atoms with Gasteiger partial charge in [0.25, 0.3) is 0 Å². The summed E-state index contributed by atoms with van der Waals surface area (Å²) in [6, 6.07) is 0. The minimum atomic E-state index is 0.383. The molecular formula is C10H13ClN2O2. The van der Waals surface area contributed by atoms with Crippen LogP contribution in [-0.4, -0.2) is 29.8 Å². The molecule has 1 aliphatic rings. The van der Waals surface area contributed by atoms with Crippen LogP contribution in [0.5, 0.6) is 5.88 Å². The molecule has 0 radical (unpaired) electrons. The molecule has 82 valence electrons. The Labute approximate surface area is 93.6 Å². The SMILES string of the molecule is Clc1cnc(OCC2CCOCC2)cn1. The van der Waals surface area contributed by atoms with Gasteiger partial charge in [-0.05, 0) is 18.8 Å². The molecule has 0 N–H and O–H groups in total. The molecule has 1 aromatic rings. The molecule has 0 bridgehead atoms. The van der Waals surface area contributed by atoms with Gasteiger partial charge in [-0.15, -0.1) is 0 Å². The third-order valence-corrected chi connectivity index (χ3v) is 2.60. The second kappa shape index (κ2) is 5.28. The third kappa shape index (κ3) is 3.32. The molecule has 1 aromatic heterocycles. The van der Waals surface area contributed by atoms with Crippen LogP contribution in [0.25, 0.3) is 0 Å². The summed E-state index contributed by atoms with van der Waals surface area (Å²) < 4.78 is 10.8. The van der Waals surface area contributed by atoms with E-state index in [1.54, 1.807) is 6.20 Å². The molecule has 15 heavy (non-hydrogen) atoms. The van der Waals surface area contributed by atoms with E-state index in [1.807, 2.05) is 0 Å². The summed E-state index contributed by atoms with van der Waals surface area (Å²) in [6.07, 6.45) is 5.14. The lowest BCUT2D eigenvalue weighted by atomic mass is 10.0. The fourth-order valence-corrected chi connectivity index (χ4v) is 1.59. The number of hydrogen-bond donors (Lipinski definition) is 0. The van der Waals surface area contributed by atoms with E-state index in [-0.39, 0.29) is 0 Å². The van der Waals surface area contributed by atoms with Crippen LogP contribution in [0.4, 0.5) is 0 Å². The van der Waals surface area contributed by atoms with E-state index in [4.69, 9.17) is 21.1 Å². The number of hydrogen-bond acceptors (Lipinski definition) is 4. The number of ether oxygens (including phenoxy) is 2. The first kappa shape index (κ1) is 10.6. The van der Waals surface area contributed by atoms with Crippen molar-refractivity contribution in [1.82, 2.24) is 9.97 Å². The summed E-state index contributed by atoms with van der Waals surface area (Å²) in [5.74, 6) is 1.10. The van der Waals surface area contributed by atoms with Gasteiger partial charge in [0.2, 0.25) is 5.88 Å². The lowest BCUT2D eigenvalue weighted by Crippen LogP contribution is -2.21. The molecule has 0 unspecified atom stereocenters. The first-order valence-electron chi connectivity index (χ1n) is 5.02. The fraction of sp³-hybridized carbons (Fsp3) is 0.600. The number of rotatable bonds is 3. The number of aromatic nitrogens is 2. The van der Waals surface area contributed by atoms with E-state index >= 15 is 0 Å². The predicted octanol–water partition coefficient (Wildman–Crippen LogP) is 1.94. The van der Waals surface area contributed by atoms with Crippen LogP contribution in [0.1, 0.15) is 12.8 Å². The molecule has 0 atom stereocenters. The van der Waals surface area contributed by atoms with Gasteiger partial charge in [0.15, 0.2) is 0 Å².